The van der Waals surface area contributed by atoms with Gasteiger partial charge in [0.1, 0.15) is 0 Å². The number of fused-ring (bicyclic) bond motifs is 1. The van der Waals surface area contributed by atoms with Gasteiger partial charge in [0.05, 0.1) is 12.6 Å². The lowest BCUT2D eigenvalue weighted by Gasteiger charge is -2.31. The van der Waals surface area contributed by atoms with Crippen molar-refractivity contribution < 1.29 is 14.2 Å². The number of hydrogen-bond donors (Lipinski definition) is 1. The number of aliphatic imine (C=N–C) groups is 1. The van der Waals surface area contributed by atoms with E-state index in [4.69, 9.17) is 0 Å². The number of hydrogen-bond acceptors (Lipinski definition) is 4. The molecule has 25 heavy (non-hydrogen) atoms. The number of benzene rings is 1. The van der Waals surface area contributed by atoms with Gasteiger partial charge in [0, 0.05) is 14.1 Å². The summed E-state index contributed by atoms with van der Waals surface area (Å²) in [6, 6.07) is 9.22. The zero-order valence-electron chi connectivity index (χ0n) is 15.1. The van der Waals surface area contributed by atoms with Crippen molar-refractivity contribution in [3.05, 3.63) is 35.9 Å². The Labute approximate surface area is 147 Å². The van der Waals surface area contributed by atoms with E-state index < -0.39 is 6.04 Å². The van der Waals surface area contributed by atoms with Crippen LogP contribution in [0.1, 0.15) is 25.8 Å². The lowest BCUT2D eigenvalue weighted by Crippen LogP contribution is -2.61. The van der Waals surface area contributed by atoms with Gasteiger partial charge in [-0.2, -0.15) is 0 Å². The fraction of sp³-hybridized carbons (Fsp3) is 0.444. The van der Waals surface area contributed by atoms with Crippen LogP contribution in [-0.4, -0.2) is 64.3 Å². The minimum absolute atomic E-state index is 0.214. The highest BCUT2D eigenvalue weighted by Crippen LogP contribution is 2.20. The average Bonchev–Trinajstić information content (AvgIpc) is 2.97. The molecule has 3 rings (SSSR count). The Morgan fingerprint density at radius 1 is 1.20 bits per heavy atom. The van der Waals surface area contributed by atoms with Crippen molar-refractivity contribution in [2.24, 2.45) is 4.99 Å². The molecule has 2 unspecified atom stereocenters. The van der Waals surface area contributed by atoms with E-state index >= 15 is 0 Å². The molecule has 7 nitrogen and oxygen atoms in total. The van der Waals surface area contributed by atoms with Gasteiger partial charge in [0.2, 0.25) is 11.9 Å². The maximum Gasteiger partial charge on any atom is 0.390 e. The average molecular weight is 342 g/mol. The first-order valence-electron chi connectivity index (χ1n) is 8.52. The minimum Gasteiger partial charge on any atom is -0.272 e. The zero-order chi connectivity index (χ0) is 18.1. The Kier molecular flexibility index (Phi) is 4.57. The molecule has 0 spiro atoms. The van der Waals surface area contributed by atoms with Crippen LogP contribution in [0.3, 0.4) is 0 Å². The normalized spacial score (nSPS) is 21.4. The van der Waals surface area contributed by atoms with Crippen LogP contribution in [0, 0.1) is 0 Å². The first kappa shape index (κ1) is 17.1. The summed E-state index contributed by atoms with van der Waals surface area (Å²) in [6.45, 7) is 4.70. The molecule has 132 valence electrons. The monoisotopic (exact) mass is 342 g/mol. The van der Waals surface area contributed by atoms with Gasteiger partial charge in [0.25, 0.3) is 5.91 Å². The molecule has 1 aromatic rings. The molecule has 3 amide bonds. The van der Waals surface area contributed by atoms with Crippen molar-refractivity contribution in [1.29, 1.82) is 0 Å². The number of imide groups is 1. The third-order valence-corrected chi connectivity index (χ3v) is 4.71. The summed E-state index contributed by atoms with van der Waals surface area (Å²) in [5.74, 6) is 0.870. The maximum absolute atomic E-state index is 12.8. The molecule has 7 heteroatoms. The zero-order valence-corrected chi connectivity index (χ0v) is 15.1. The number of amides is 3. The van der Waals surface area contributed by atoms with E-state index in [1.54, 1.807) is 7.05 Å². The fourth-order valence-electron chi connectivity index (χ4n) is 2.98. The number of guanidine groups is 1. The van der Waals surface area contributed by atoms with Gasteiger partial charge < -0.3 is 0 Å². The van der Waals surface area contributed by atoms with Crippen LogP contribution in [0.25, 0.3) is 0 Å². The molecule has 0 aliphatic carbocycles. The SMILES string of the molecule is CCC(C)NC1=[N+](Cc2ccccc2)C2C(=O)N(C)C(=O)N(C)C2=N1. The van der Waals surface area contributed by atoms with Crippen molar-refractivity contribution in [1.82, 2.24) is 15.1 Å². The molecule has 0 radical (unpaired) electrons. The molecule has 2 heterocycles. The van der Waals surface area contributed by atoms with E-state index in [1.165, 1.54) is 11.9 Å². The van der Waals surface area contributed by atoms with Gasteiger partial charge in [-0.1, -0.05) is 42.2 Å². The molecule has 2 aliphatic rings. The molecular weight excluding hydrogens is 318 g/mol. The van der Waals surface area contributed by atoms with Gasteiger partial charge in [-0.15, -0.1) is 0 Å². The maximum atomic E-state index is 12.8. The number of likely N-dealkylation sites (N-methyl/N-ethyl adjacent to an activating group) is 2. The third-order valence-electron chi connectivity index (χ3n) is 4.71. The molecule has 1 saturated heterocycles. The van der Waals surface area contributed by atoms with Gasteiger partial charge >= 0.3 is 12.0 Å². The van der Waals surface area contributed by atoms with Crippen molar-refractivity contribution in [3.63, 3.8) is 0 Å². The first-order chi connectivity index (χ1) is 11.9. The van der Waals surface area contributed by atoms with E-state index in [9.17, 15) is 9.59 Å². The molecule has 0 aromatic heterocycles. The molecule has 2 aliphatic heterocycles. The van der Waals surface area contributed by atoms with Crippen LogP contribution in [-0.2, 0) is 11.3 Å². The minimum atomic E-state index is -0.584. The molecule has 0 saturated carbocycles. The quantitative estimate of drug-likeness (QED) is 0.838. The number of nitrogens with zero attached hydrogens (tertiary/aromatic N) is 4. The van der Waals surface area contributed by atoms with E-state index in [2.05, 4.69) is 24.2 Å². The third kappa shape index (κ3) is 3.01. The summed E-state index contributed by atoms with van der Waals surface area (Å²) in [5.41, 5.74) is 1.08. The molecule has 1 aromatic carbocycles. The molecule has 1 N–H and O–H groups in total. The van der Waals surface area contributed by atoms with Crippen LogP contribution in [0.5, 0.6) is 0 Å². The predicted octanol–water partition coefficient (Wildman–Crippen LogP) is 1.25. The highest BCUT2D eigenvalue weighted by molar-refractivity contribution is 6.22. The second-order valence-corrected chi connectivity index (χ2v) is 6.50. The van der Waals surface area contributed by atoms with Crippen molar-refractivity contribution in [3.8, 4) is 0 Å². The lowest BCUT2D eigenvalue weighted by atomic mass is 10.1. The van der Waals surface area contributed by atoms with Crippen molar-refractivity contribution in [2.45, 2.75) is 38.9 Å². The predicted molar refractivity (Wildman–Crippen MR) is 95.5 cm³/mol. The number of urea groups is 1. The number of nitrogens with one attached hydrogen (secondary N) is 1. The summed E-state index contributed by atoms with van der Waals surface area (Å²) in [6.07, 6.45) is 0.931. The van der Waals surface area contributed by atoms with Gasteiger partial charge in [0.15, 0.2) is 0 Å². The topological polar surface area (TPSA) is 68.0 Å². The number of amidine groups is 1. The molecule has 0 bridgehead atoms. The van der Waals surface area contributed by atoms with E-state index in [0.717, 1.165) is 16.9 Å². The highest BCUT2D eigenvalue weighted by Gasteiger charge is 2.51. The van der Waals surface area contributed by atoms with E-state index in [-0.39, 0.29) is 18.0 Å². The van der Waals surface area contributed by atoms with E-state index in [0.29, 0.717) is 18.3 Å². The summed E-state index contributed by atoms with van der Waals surface area (Å²) >= 11 is 0. The fourth-order valence-corrected chi connectivity index (χ4v) is 2.98. The van der Waals surface area contributed by atoms with Crippen molar-refractivity contribution in [2.75, 3.05) is 14.1 Å². The smallest absolute Gasteiger partial charge is 0.272 e. The Bertz CT molecular complexity index is 756. The number of carbonyl (C=O) groups is 2. The Hall–Kier alpha value is -2.70. The van der Waals surface area contributed by atoms with Crippen LogP contribution < -0.4 is 5.32 Å². The number of rotatable bonds is 4. The second-order valence-electron chi connectivity index (χ2n) is 6.50. The Morgan fingerprint density at radius 3 is 2.52 bits per heavy atom. The Balaban J connectivity index is 2.01. The van der Waals surface area contributed by atoms with Gasteiger partial charge in [-0.05, 0) is 18.9 Å². The van der Waals surface area contributed by atoms with Gasteiger partial charge in [-0.25, -0.2) is 9.37 Å². The van der Waals surface area contributed by atoms with Crippen LogP contribution >= 0.6 is 0 Å². The van der Waals surface area contributed by atoms with Crippen molar-refractivity contribution >= 4 is 23.7 Å². The van der Waals surface area contributed by atoms with E-state index in [1.807, 2.05) is 34.9 Å². The van der Waals surface area contributed by atoms with Crippen LogP contribution in [0.2, 0.25) is 0 Å². The standard InChI is InChI=1S/C18H23N5O2/c1-5-12(2)19-17-20-15-14(16(24)22(4)18(25)21(15)3)23(17)11-13-9-7-6-8-10-13/h6-10,12,14H,5,11H2,1-4H3/p+1. The highest BCUT2D eigenvalue weighted by atomic mass is 16.2. The molecular formula is C18H24N5O2+. The summed E-state index contributed by atoms with van der Waals surface area (Å²) in [4.78, 5) is 32.2. The summed E-state index contributed by atoms with van der Waals surface area (Å²) in [7, 11) is 3.17. The summed E-state index contributed by atoms with van der Waals surface area (Å²) in [5, 5.41) is 3.37. The summed E-state index contributed by atoms with van der Waals surface area (Å²) < 4.78 is 1.94. The largest absolute Gasteiger partial charge is 0.390 e. The van der Waals surface area contributed by atoms with Crippen LogP contribution in [0.15, 0.2) is 35.3 Å². The van der Waals surface area contributed by atoms with Gasteiger partial charge in [-0.3, -0.25) is 19.9 Å². The lowest BCUT2D eigenvalue weighted by molar-refractivity contribution is -0.553. The first-order valence-corrected chi connectivity index (χ1v) is 8.52. The number of carbonyl (C=O) groups excluding carboxylic acids is 2. The molecule has 1 fully saturated rings. The second kappa shape index (κ2) is 6.66. The molecule has 2 atom stereocenters. The van der Waals surface area contributed by atoms with Crippen LogP contribution in [0.4, 0.5) is 4.79 Å². The Morgan fingerprint density at radius 2 is 1.88 bits per heavy atom.